The molecule has 0 radical (unpaired) electrons. The average Bonchev–Trinajstić information content (AvgIpc) is 3.82. The van der Waals surface area contributed by atoms with Crippen molar-refractivity contribution in [1.29, 1.82) is 0 Å². The standard InChI is InChI=1S/C30H31FN2O2.C20H22N2O3.C16H33FO2S/c1-23-32-29(24-15-7-5-8-16-24)30(25-17-9-6-10-18-25)33(23)22-14-4-2-3-11-21-28(34)35-27-20-13-12-19-26(27)31;21-19(23)16-8-4-6-14(12-16)15-7-5-11-18(13-15)25-20(24)22-17-9-2-1-3-10-17;1-2-3-4-5-6-7-8-9-10-11-12-13-14-15-16-20(17,18)19/h5-10,12-13,15-20H,2-4,11,14,21-22H2,1H3;4-8,11-13,17H,1-3,9-10H2,(H2,21,23)(H,22,24);2-16H2,1H3. The van der Waals surface area contributed by atoms with Gasteiger partial charge < -0.3 is 25.1 Å². The Balaban J connectivity index is 0.000000231. The van der Waals surface area contributed by atoms with Crippen LogP contribution in [0.2, 0.25) is 0 Å². The summed E-state index contributed by atoms with van der Waals surface area (Å²) in [5, 5.41) is 2.93. The number of imidazole rings is 1. The van der Waals surface area contributed by atoms with E-state index in [1.54, 1.807) is 42.5 Å². The molecule has 1 saturated carbocycles. The van der Waals surface area contributed by atoms with Crippen molar-refractivity contribution in [2.45, 2.75) is 187 Å². The number of esters is 1. The topological polar surface area (TPSA) is 160 Å². The summed E-state index contributed by atoms with van der Waals surface area (Å²) in [7, 11) is -4.24. The van der Waals surface area contributed by atoms with Gasteiger partial charge in [-0.3, -0.25) is 9.59 Å². The van der Waals surface area contributed by atoms with E-state index in [0.717, 1.165) is 117 Å². The zero-order valence-electron chi connectivity index (χ0n) is 47.4. The van der Waals surface area contributed by atoms with Crippen molar-refractivity contribution >= 4 is 28.2 Å². The number of carbonyl (C=O) groups excluding carboxylic acids is 3. The Morgan fingerprint density at radius 1 is 0.613 bits per heavy atom. The lowest BCUT2D eigenvalue weighted by atomic mass is 9.96. The third-order valence-electron chi connectivity index (χ3n) is 14.3. The molecule has 1 aliphatic rings. The number of aryl methyl sites for hydroxylation is 1. The van der Waals surface area contributed by atoms with Crippen molar-refractivity contribution in [3.05, 3.63) is 151 Å². The van der Waals surface area contributed by atoms with Gasteiger partial charge in [0.2, 0.25) is 5.91 Å². The Hall–Kier alpha value is -6.67. The molecular weight excluding hydrogens is 1030 g/mol. The second kappa shape index (κ2) is 36.6. The largest absolute Gasteiger partial charge is 0.423 e. The van der Waals surface area contributed by atoms with Gasteiger partial charge in [0.1, 0.15) is 11.6 Å². The maximum absolute atomic E-state index is 13.6. The number of nitrogens with zero attached hydrogens (tertiary/aromatic N) is 2. The molecule has 7 rings (SSSR count). The number of unbranched alkanes of at least 4 members (excludes halogenated alkanes) is 17. The fourth-order valence-corrected chi connectivity index (χ4v) is 10.5. The number of primary amides is 1. The molecule has 1 aromatic heterocycles. The molecule has 0 atom stereocenters. The SMILES string of the molecule is CCCCCCCCCCCCCCCCS(=O)(=O)F.Cc1nc(-c2ccccc2)c(-c2ccccc2)n1CCCCCCCC(=O)Oc1ccccc1F.NC(=O)c1cccc(-c2cccc(OC(=O)NC3CCCCC3)c2)c1. The summed E-state index contributed by atoms with van der Waals surface area (Å²) in [4.78, 5) is 40.3. The summed E-state index contributed by atoms with van der Waals surface area (Å²) in [6.45, 7) is 5.21. The Morgan fingerprint density at radius 3 is 1.74 bits per heavy atom. The molecule has 0 bridgehead atoms. The minimum Gasteiger partial charge on any atom is -0.423 e. The van der Waals surface area contributed by atoms with E-state index in [-0.39, 0.29) is 23.5 Å². The van der Waals surface area contributed by atoms with Gasteiger partial charge in [-0.15, -0.1) is 3.89 Å². The van der Waals surface area contributed by atoms with Gasteiger partial charge in [0.25, 0.3) is 0 Å². The van der Waals surface area contributed by atoms with Crippen molar-refractivity contribution in [2.24, 2.45) is 5.73 Å². The van der Waals surface area contributed by atoms with Crippen LogP contribution in [0.25, 0.3) is 33.6 Å². The first-order valence-corrected chi connectivity index (χ1v) is 30.9. The number of halogens is 2. The Labute approximate surface area is 475 Å². The Morgan fingerprint density at radius 2 is 1.14 bits per heavy atom. The highest BCUT2D eigenvalue weighted by molar-refractivity contribution is 7.86. The molecule has 14 heteroatoms. The molecule has 6 aromatic rings. The highest BCUT2D eigenvalue weighted by Crippen LogP contribution is 2.33. The molecule has 3 N–H and O–H groups in total. The zero-order valence-corrected chi connectivity index (χ0v) is 48.2. The molecule has 432 valence electrons. The molecule has 0 aliphatic heterocycles. The fourth-order valence-electron chi connectivity index (χ4n) is 9.91. The summed E-state index contributed by atoms with van der Waals surface area (Å²) in [5.74, 6) is -0.191. The number of para-hydroxylation sites is 1. The van der Waals surface area contributed by atoms with E-state index in [9.17, 15) is 31.1 Å². The van der Waals surface area contributed by atoms with Gasteiger partial charge >= 0.3 is 22.3 Å². The van der Waals surface area contributed by atoms with E-state index in [4.69, 9.17) is 20.2 Å². The van der Waals surface area contributed by atoms with Crippen LogP contribution in [0.4, 0.5) is 13.1 Å². The fraction of sp³-hybridized carbons (Fsp3) is 0.455. The van der Waals surface area contributed by atoms with Gasteiger partial charge in [-0.25, -0.2) is 14.2 Å². The van der Waals surface area contributed by atoms with Crippen molar-refractivity contribution in [3.8, 4) is 45.1 Å². The van der Waals surface area contributed by atoms with Crippen molar-refractivity contribution in [3.63, 3.8) is 0 Å². The van der Waals surface area contributed by atoms with Crippen LogP contribution in [0.15, 0.2) is 133 Å². The number of hydrogen-bond acceptors (Lipinski definition) is 8. The molecule has 5 aromatic carbocycles. The maximum atomic E-state index is 13.6. The van der Waals surface area contributed by atoms with Crippen molar-refractivity contribution < 1.29 is 40.6 Å². The van der Waals surface area contributed by atoms with Gasteiger partial charge in [0.15, 0.2) is 11.6 Å². The summed E-state index contributed by atoms with van der Waals surface area (Å²) in [5.41, 5.74) is 11.9. The highest BCUT2D eigenvalue weighted by Gasteiger charge is 2.19. The minimum absolute atomic E-state index is 0.00251. The van der Waals surface area contributed by atoms with Gasteiger partial charge in [0.05, 0.1) is 17.1 Å². The molecule has 0 saturated heterocycles. The molecule has 0 spiro atoms. The zero-order chi connectivity index (χ0) is 57.2. The van der Waals surface area contributed by atoms with Crippen molar-refractivity contribution in [2.75, 3.05) is 5.75 Å². The summed E-state index contributed by atoms with van der Waals surface area (Å²) >= 11 is 0. The second-order valence-corrected chi connectivity index (χ2v) is 22.3. The quantitative estimate of drug-likeness (QED) is 0.0195. The molecule has 80 heavy (non-hydrogen) atoms. The number of nitrogens with one attached hydrogen (secondary N) is 1. The molecule has 1 aliphatic carbocycles. The average molecular weight is 1120 g/mol. The van der Waals surface area contributed by atoms with Crippen LogP contribution in [-0.2, 0) is 21.6 Å². The van der Waals surface area contributed by atoms with Gasteiger partial charge in [-0.05, 0) is 86.6 Å². The Kier molecular flexibility index (Phi) is 29.3. The van der Waals surface area contributed by atoms with E-state index >= 15 is 0 Å². The number of aromatic nitrogens is 2. The number of ether oxygens (including phenoxy) is 2. The number of nitrogens with two attached hydrogens (primary N) is 1. The lowest BCUT2D eigenvalue weighted by molar-refractivity contribution is -0.134. The van der Waals surface area contributed by atoms with E-state index in [2.05, 4.69) is 60.1 Å². The molecule has 1 heterocycles. The van der Waals surface area contributed by atoms with Crippen LogP contribution < -0.4 is 20.5 Å². The lowest BCUT2D eigenvalue weighted by Crippen LogP contribution is -2.37. The highest BCUT2D eigenvalue weighted by atomic mass is 32.3. The Bertz CT molecular complexity index is 2860. The van der Waals surface area contributed by atoms with E-state index < -0.39 is 28.0 Å². The molecular formula is C66H86F2N4O7S. The number of hydrogen-bond donors (Lipinski definition) is 2. The third kappa shape index (κ3) is 24.8. The van der Waals surface area contributed by atoms with Gasteiger partial charge in [-0.2, -0.15) is 8.42 Å². The summed E-state index contributed by atoms with van der Waals surface area (Å²) in [6, 6.07) is 41.2. The number of amides is 2. The molecule has 0 unspecified atom stereocenters. The predicted molar refractivity (Wildman–Crippen MR) is 319 cm³/mol. The summed E-state index contributed by atoms with van der Waals surface area (Å²) < 4.78 is 59.2. The molecule has 1 fully saturated rings. The molecule has 11 nitrogen and oxygen atoms in total. The van der Waals surface area contributed by atoms with Crippen molar-refractivity contribution in [1.82, 2.24) is 14.9 Å². The minimum atomic E-state index is -4.24. The van der Waals surface area contributed by atoms with E-state index in [0.29, 0.717) is 24.2 Å². The van der Waals surface area contributed by atoms with E-state index in [1.807, 2.05) is 42.5 Å². The normalized spacial score (nSPS) is 12.3. The summed E-state index contributed by atoms with van der Waals surface area (Å²) in [6.07, 6.45) is 27.2. The predicted octanol–water partition coefficient (Wildman–Crippen LogP) is 17.3. The van der Waals surface area contributed by atoms with Gasteiger partial charge in [-0.1, -0.05) is 226 Å². The van der Waals surface area contributed by atoms with Crippen LogP contribution in [0, 0.1) is 12.7 Å². The monoisotopic (exact) mass is 1120 g/mol. The van der Waals surface area contributed by atoms with Crippen LogP contribution in [0.3, 0.4) is 0 Å². The third-order valence-corrected chi connectivity index (χ3v) is 15.0. The van der Waals surface area contributed by atoms with Gasteiger partial charge in [0, 0.05) is 35.7 Å². The molecule has 2 amide bonds. The first kappa shape index (κ1) is 64.2. The van der Waals surface area contributed by atoms with Crippen LogP contribution >= 0.6 is 0 Å². The smallest absolute Gasteiger partial charge is 0.412 e. The second-order valence-electron chi connectivity index (χ2n) is 20.8. The number of benzene rings is 5. The van der Waals surface area contributed by atoms with E-state index in [1.165, 1.54) is 88.3 Å². The first-order valence-electron chi connectivity index (χ1n) is 29.4. The van der Waals surface area contributed by atoms with Crippen LogP contribution in [0.5, 0.6) is 11.5 Å². The van der Waals surface area contributed by atoms with Crippen LogP contribution in [-0.4, -0.2) is 47.7 Å². The van der Waals surface area contributed by atoms with Crippen LogP contribution in [0.1, 0.15) is 184 Å². The number of carbonyl (C=O) groups is 3. The number of rotatable bonds is 30. The first-order chi connectivity index (χ1) is 38.8. The maximum Gasteiger partial charge on any atom is 0.412 e. The lowest BCUT2D eigenvalue weighted by Gasteiger charge is -2.22.